The topological polar surface area (TPSA) is 124 Å². The highest BCUT2D eigenvalue weighted by Crippen LogP contribution is 2.31. The van der Waals surface area contributed by atoms with Gasteiger partial charge in [-0.25, -0.2) is 9.59 Å². The van der Waals surface area contributed by atoms with Crippen LogP contribution in [0.2, 0.25) is 0 Å². The number of ether oxygens (including phenoxy) is 1. The van der Waals surface area contributed by atoms with E-state index in [0.29, 0.717) is 26.0 Å². The molecule has 1 saturated heterocycles. The maximum absolute atomic E-state index is 12.9. The van der Waals surface area contributed by atoms with Gasteiger partial charge < -0.3 is 19.8 Å². The third-order valence-electron chi connectivity index (χ3n) is 5.97. The summed E-state index contributed by atoms with van der Waals surface area (Å²) in [5.74, 6) is -3.76. The molecule has 1 aliphatic rings. The van der Waals surface area contributed by atoms with Crippen molar-refractivity contribution in [2.24, 2.45) is 0 Å². The molecular weight excluding hydrogens is 464 g/mol. The van der Waals surface area contributed by atoms with Crippen LogP contribution in [0.15, 0.2) is 54.6 Å². The van der Waals surface area contributed by atoms with E-state index in [-0.39, 0.29) is 24.0 Å². The molecule has 0 bridgehead atoms. The molecule has 9 heteroatoms. The van der Waals surface area contributed by atoms with Crippen molar-refractivity contribution in [3.63, 3.8) is 0 Å². The fourth-order valence-electron chi connectivity index (χ4n) is 4.26. The van der Waals surface area contributed by atoms with Gasteiger partial charge in [0.25, 0.3) is 0 Å². The molecule has 36 heavy (non-hydrogen) atoms. The summed E-state index contributed by atoms with van der Waals surface area (Å²) in [6, 6.07) is 17.8. The number of carboxylic acid groups (broad SMARTS) is 2. The molecule has 2 N–H and O–H groups in total. The lowest BCUT2D eigenvalue weighted by Gasteiger charge is -2.42. The van der Waals surface area contributed by atoms with Crippen molar-refractivity contribution in [3.8, 4) is 0 Å². The molecule has 1 amide bonds. The second-order valence-electron chi connectivity index (χ2n) is 8.42. The molecule has 0 aliphatic carbocycles. The molecule has 1 aliphatic heterocycles. The molecule has 2 aromatic rings. The number of rotatable bonds is 7. The third-order valence-corrected chi connectivity index (χ3v) is 5.97. The predicted octanol–water partition coefficient (Wildman–Crippen LogP) is 3.49. The molecule has 2 atom stereocenters. The number of hydrogen-bond donors (Lipinski definition) is 2. The van der Waals surface area contributed by atoms with Crippen LogP contribution in [-0.4, -0.2) is 64.2 Å². The van der Waals surface area contributed by atoms with Crippen molar-refractivity contribution in [2.45, 2.75) is 58.7 Å². The van der Waals surface area contributed by atoms with Gasteiger partial charge in [-0.05, 0) is 43.9 Å². The summed E-state index contributed by atoms with van der Waals surface area (Å²) in [6.45, 7) is 7.54. The normalized spacial score (nSPS) is 17.3. The van der Waals surface area contributed by atoms with Crippen LogP contribution in [0.25, 0.3) is 0 Å². The van der Waals surface area contributed by atoms with Gasteiger partial charge >= 0.3 is 17.9 Å². The zero-order valence-electron chi connectivity index (χ0n) is 20.9. The van der Waals surface area contributed by atoms with Crippen molar-refractivity contribution >= 4 is 29.5 Å². The van der Waals surface area contributed by atoms with Crippen LogP contribution in [-0.2, 0) is 30.5 Å². The molecule has 0 radical (unpaired) electrons. The zero-order chi connectivity index (χ0) is 26.7. The van der Waals surface area contributed by atoms with Gasteiger partial charge in [0.15, 0.2) is 0 Å². The first kappa shape index (κ1) is 28.5. The second kappa shape index (κ2) is 14.0. The molecule has 3 rings (SSSR count). The lowest BCUT2D eigenvalue weighted by atomic mass is 9.93. The van der Waals surface area contributed by atoms with E-state index in [2.05, 4.69) is 17.0 Å². The van der Waals surface area contributed by atoms with Crippen LogP contribution in [0.3, 0.4) is 0 Å². The molecule has 0 saturated carbocycles. The number of aryl methyl sites for hydroxylation is 1. The van der Waals surface area contributed by atoms with Gasteiger partial charge in [-0.1, -0.05) is 55.5 Å². The lowest BCUT2D eigenvalue weighted by molar-refractivity contribution is -0.159. The van der Waals surface area contributed by atoms with Crippen molar-refractivity contribution in [1.82, 2.24) is 4.90 Å². The number of carbonyl (C=O) groups excluding carboxylic acids is 2. The monoisotopic (exact) mass is 498 g/mol. The Balaban J connectivity index is 0.000000678. The van der Waals surface area contributed by atoms with E-state index in [9.17, 15) is 9.59 Å². The number of carboxylic acids is 2. The highest BCUT2D eigenvalue weighted by atomic mass is 16.5. The average Bonchev–Trinajstić information content (AvgIpc) is 2.87. The molecule has 0 spiro atoms. The first-order valence-electron chi connectivity index (χ1n) is 12.0. The van der Waals surface area contributed by atoms with Crippen molar-refractivity contribution in [2.75, 3.05) is 18.1 Å². The number of piperidine rings is 1. The van der Waals surface area contributed by atoms with Crippen LogP contribution in [0, 0.1) is 6.92 Å². The minimum absolute atomic E-state index is 0.0278. The Hall–Kier alpha value is -3.72. The first-order chi connectivity index (χ1) is 17.2. The summed E-state index contributed by atoms with van der Waals surface area (Å²) in [5, 5.41) is 14.8. The molecule has 1 fully saturated rings. The van der Waals surface area contributed by atoms with Crippen molar-refractivity contribution in [1.29, 1.82) is 0 Å². The molecule has 1 heterocycles. The van der Waals surface area contributed by atoms with E-state index in [1.807, 2.05) is 68.1 Å². The van der Waals surface area contributed by atoms with Gasteiger partial charge in [0.2, 0.25) is 5.91 Å². The van der Waals surface area contributed by atoms with E-state index in [1.54, 1.807) is 0 Å². The Kier molecular flexibility index (Phi) is 11.1. The Morgan fingerprint density at radius 3 is 2.14 bits per heavy atom. The highest BCUT2D eigenvalue weighted by molar-refractivity contribution is 6.27. The van der Waals surface area contributed by atoms with Crippen LogP contribution in [0.1, 0.15) is 44.2 Å². The number of para-hydroxylation sites is 1. The quantitative estimate of drug-likeness (QED) is 0.439. The Morgan fingerprint density at radius 2 is 1.58 bits per heavy atom. The number of amides is 1. The molecule has 0 aromatic heterocycles. The van der Waals surface area contributed by atoms with E-state index in [1.165, 1.54) is 5.56 Å². The van der Waals surface area contributed by atoms with Gasteiger partial charge in [0, 0.05) is 31.2 Å². The van der Waals surface area contributed by atoms with Gasteiger partial charge in [-0.3, -0.25) is 14.5 Å². The molecule has 2 aromatic carbocycles. The highest BCUT2D eigenvalue weighted by Gasteiger charge is 2.38. The van der Waals surface area contributed by atoms with Crippen LogP contribution < -0.4 is 4.90 Å². The number of benzene rings is 2. The van der Waals surface area contributed by atoms with E-state index in [0.717, 1.165) is 24.2 Å². The molecule has 2 unspecified atom stereocenters. The van der Waals surface area contributed by atoms with E-state index < -0.39 is 11.9 Å². The van der Waals surface area contributed by atoms with Crippen LogP contribution in [0.5, 0.6) is 0 Å². The Morgan fingerprint density at radius 1 is 0.972 bits per heavy atom. The first-order valence-corrected chi connectivity index (χ1v) is 12.0. The maximum Gasteiger partial charge on any atom is 0.414 e. The minimum atomic E-state index is -1.82. The largest absolute Gasteiger partial charge is 0.473 e. The number of aliphatic carboxylic acids is 2. The SMILES string of the molecule is CCOC(=O)C1CC(N(C(=O)CC)c2ccccc2C)CCN1Cc1ccccc1.O=C(O)C(=O)O. The van der Waals surface area contributed by atoms with Gasteiger partial charge in [-0.2, -0.15) is 0 Å². The summed E-state index contributed by atoms with van der Waals surface area (Å²) < 4.78 is 5.41. The predicted molar refractivity (Wildman–Crippen MR) is 135 cm³/mol. The smallest absolute Gasteiger partial charge is 0.414 e. The average molecular weight is 499 g/mol. The maximum atomic E-state index is 12.9. The summed E-state index contributed by atoms with van der Waals surface area (Å²) in [5.41, 5.74) is 3.18. The zero-order valence-corrected chi connectivity index (χ0v) is 20.9. The molecular formula is C27H34N2O7. The lowest BCUT2D eigenvalue weighted by Crippen LogP contribution is -2.54. The number of hydrogen-bond acceptors (Lipinski definition) is 6. The van der Waals surface area contributed by atoms with Crippen molar-refractivity contribution < 1.29 is 34.1 Å². The van der Waals surface area contributed by atoms with Gasteiger partial charge in [-0.15, -0.1) is 0 Å². The fourth-order valence-corrected chi connectivity index (χ4v) is 4.26. The van der Waals surface area contributed by atoms with E-state index in [4.69, 9.17) is 24.5 Å². The number of nitrogens with zero attached hydrogens (tertiary/aromatic N) is 2. The van der Waals surface area contributed by atoms with Crippen LogP contribution in [0.4, 0.5) is 5.69 Å². The minimum Gasteiger partial charge on any atom is -0.473 e. The summed E-state index contributed by atoms with van der Waals surface area (Å²) in [4.78, 5) is 48.1. The summed E-state index contributed by atoms with van der Waals surface area (Å²) in [7, 11) is 0. The van der Waals surface area contributed by atoms with E-state index >= 15 is 0 Å². The second-order valence-corrected chi connectivity index (χ2v) is 8.42. The fraction of sp³-hybridized carbons (Fsp3) is 0.407. The standard InChI is InChI=1S/C25H32N2O3.C2H2O4/c1-4-24(28)27(22-14-10-9-11-19(22)3)21-15-16-26(18-20-12-7-6-8-13-20)23(17-21)25(29)30-5-2;3-1(4)2(5)6/h6-14,21,23H,4-5,15-18H2,1-3H3;(H,3,4)(H,5,6). The number of likely N-dealkylation sites (tertiary alicyclic amines) is 1. The third kappa shape index (κ3) is 7.91. The Bertz CT molecular complexity index is 1030. The number of carbonyl (C=O) groups is 4. The molecule has 194 valence electrons. The number of esters is 1. The van der Waals surface area contributed by atoms with Gasteiger partial charge in [0.1, 0.15) is 6.04 Å². The summed E-state index contributed by atoms with van der Waals surface area (Å²) in [6.07, 6.45) is 1.83. The van der Waals surface area contributed by atoms with Gasteiger partial charge in [0.05, 0.1) is 6.61 Å². The number of anilines is 1. The Labute approximate surface area is 211 Å². The summed E-state index contributed by atoms with van der Waals surface area (Å²) >= 11 is 0. The molecule has 9 nitrogen and oxygen atoms in total. The van der Waals surface area contributed by atoms with Crippen molar-refractivity contribution in [3.05, 3.63) is 65.7 Å². The van der Waals surface area contributed by atoms with Crippen LogP contribution >= 0.6 is 0 Å².